The van der Waals surface area contributed by atoms with Crippen molar-refractivity contribution in [2.24, 2.45) is 0 Å². The predicted molar refractivity (Wildman–Crippen MR) is 116 cm³/mol. The number of H-pyrrole nitrogens is 1. The Bertz CT molecular complexity index is 1130. The fraction of sp³-hybridized carbons (Fsp3) is 0.360. The number of nitrogens with zero attached hydrogens (tertiary/aromatic N) is 1. The summed E-state index contributed by atoms with van der Waals surface area (Å²) in [5, 5.41) is 0.818. The van der Waals surface area contributed by atoms with Crippen molar-refractivity contribution in [3.63, 3.8) is 0 Å². The highest BCUT2D eigenvalue weighted by Gasteiger charge is 2.40. The molecule has 1 aliphatic rings. The van der Waals surface area contributed by atoms with E-state index in [0.29, 0.717) is 23.2 Å². The topological polar surface area (TPSA) is 19.0 Å². The summed E-state index contributed by atoms with van der Waals surface area (Å²) >= 11 is 0. The third-order valence-corrected chi connectivity index (χ3v) is 5.86. The van der Waals surface area contributed by atoms with Gasteiger partial charge in [-0.05, 0) is 75.6 Å². The fourth-order valence-corrected chi connectivity index (χ4v) is 4.68. The van der Waals surface area contributed by atoms with Crippen LogP contribution < -0.4 is 0 Å². The summed E-state index contributed by atoms with van der Waals surface area (Å²) in [6.45, 7) is 6.60. The molecule has 0 amide bonds. The van der Waals surface area contributed by atoms with Gasteiger partial charge in [0.1, 0.15) is 23.1 Å². The standard InChI is InChI=1S/C25H26F4N2/c1-5-6-15-10-19(27)22(20(28)11-15)24-23-18(9-14(2)31(24)13-25(3,4)29)17-8-7-16(26)12-21(17)30-23/h5-8,10-12,14,24,30H,9,13H2,1-4H3/b6-5+. The molecule has 1 aliphatic heterocycles. The van der Waals surface area contributed by atoms with Gasteiger partial charge in [0.05, 0.1) is 6.04 Å². The SMILES string of the molecule is C/C=C/c1cc(F)c(C2c3[nH]c4cc(F)ccc4c3CC(C)N2CC(C)(C)F)c(F)c1. The number of nitrogens with one attached hydrogen (secondary N) is 1. The molecule has 1 aromatic heterocycles. The van der Waals surface area contributed by atoms with E-state index in [4.69, 9.17) is 0 Å². The monoisotopic (exact) mass is 430 g/mol. The summed E-state index contributed by atoms with van der Waals surface area (Å²) in [5.41, 5.74) is 0.755. The van der Waals surface area contributed by atoms with E-state index < -0.39 is 29.2 Å². The summed E-state index contributed by atoms with van der Waals surface area (Å²) < 4.78 is 59.2. The van der Waals surface area contributed by atoms with Gasteiger partial charge in [-0.15, -0.1) is 0 Å². The van der Waals surface area contributed by atoms with Crippen LogP contribution in [0.2, 0.25) is 0 Å². The Balaban J connectivity index is 1.97. The second-order valence-corrected chi connectivity index (χ2v) is 8.95. The molecule has 0 saturated heterocycles. The van der Waals surface area contributed by atoms with E-state index >= 15 is 8.78 Å². The van der Waals surface area contributed by atoms with Crippen LogP contribution in [-0.4, -0.2) is 28.1 Å². The zero-order chi connectivity index (χ0) is 22.5. The number of allylic oxidation sites excluding steroid dienone is 1. The average molecular weight is 430 g/mol. The van der Waals surface area contributed by atoms with Gasteiger partial charge in [-0.3, -0.25) is 4.90 Å². The first-order valence-corrected chi connectivity index (χ1v) is 10.5. The van der Waals surface area contributed by atoms with Crippen LogP contribution in [0.15, 0.2) is 36.4 Å². The van der Waals surface area contributed by atoms with E-state index in [1.807, 2.05) is 6.92 Å². The average Bonchev–Trinajstić information content (AvgIpc) is 2.99. The zero-order valence-electron chi connectivity index (χ0n) is 18.1. The first-order chi connectivity index (χ1) is 14.6. The minimum absolute atomic E-state index is 0.00249. The van der Waals surface area contributed by atoms with E-state index in [1.54, 1.807) is 30.0 Å². The summed E-state index contributed by atoms with van der Waals surface area (Å²) in [5.74, 6) is -1.78. The van der Waals surface area contributed by atoms with Gasteiger partial charge in [0.15, 0.2) is 0 Å². The molecule has 0 bridgehead atoms. The lowest BCUT2D eigenvalue weighted by molar-refractivity contribution is 0.0643. The van der Waals surface area contributed by atoms with Crippen LogP contribution in [0.3, 0.4) is 0 Å². The second-order valence-electron chi connectivity index (χ2n) is 8.95. The molecule has 0 spiro atoms. The molecule has 2 nitrogen and oxygen atoms in total. The number of hydrogen-bond donors (Lipinski definition) is 1. The van der Waals surface area contributed by atoms with Crippen LogP contribution in [-0.2, 0) is 6.42 Å². The van der Waals surface area contributed by atoms with Crippen LogP contribution >= 0.6 is 0 Å². The lowest BCUT2D eigenvalue weighted by Crippen LogP contribution is -2.48. The summed E-state index contributed by atoms with van der Waals surface area (Å²) in [6.07, 6.45) is 3.89. The van der Waals surface area contributed by atoms with Gasteiger partial charge < -0.3 is 4.98 Å². The van der Waals surface area contributed by atoms with Crippen LogP contribution in [0.1, 0.15) is 56.1 Å². The van der Waals surface area contributed by atoms with Crippen molar-refractivity contribution >= 4 is 17.0 Å². The maximum Gasteiger partial charge on any atom is 0.131 e. The summed E-state index contributed by atoms with van der Waals surface area (Å²) in [7, 11) is 0. The van der Waals surface area contributed by atoms with Crippen molar-refractivity contribution in [3.05, 3.63) is 76.2 Å². The highest BCUT2D eigenvalue weighted by Crippen LogP contribution is 2.43. The maximum atomic E-state index is 15.3. The van der Waals surface area contributed by atoms with Crippen LogP contribution in [0.5, 0.6) is 0 Å². The molecule has 3 aromatic rings. The Kier molecular flexibility index (Phi) is 5.46. The highest BCUT2D eigenvalue weighted by molar-refractivity contribution is 5.85. The number of aromatic amines is 1. The Morgan fingerprint density at radius 1 is 1.13 bits per heavy atom. The minimum Gasteiger partial charge on any atom is -0.356 e. The number of benzene rings is 2. The number of alkyl halides is 1. The molecule has 6 heteroatoms. The Labute approximate surface area is 179 Å². The molecular formula is C25H26F4N2. The lowest BCUT2D eigenvalue weighted by Gasteiger charge is -2.43. The Hall–Kier alpha value is -2.60. The molecule has 1 N–H and O–H groups in total. The van der Waals surface area contributed by atoms with Crippen LogP contribution in [0.4, 0.5) is 17.6 Å². The molecule has 2 heterocycles. The van der Waals surface area contributed by atoms with Crippen LogP contribution in [0.25, 0.3) is 17.0 Å². The molecular weight excluding hydrogens is 404 g/mol. The fourth-order valence-electron chi connectivity index (χ4n) is 4.68. The molecule has 0 aliphatic carbocycles. The number of hydrogen-bond acceptors (Lipinski definition) is 1. The van der Waals surface area contributed by atoms with Gasteiger partial charge in [0.25, 0.3) is 0 Å². The molecule has 0 radical (unpaired) electrons. The number of rotatable bonds is 4. The van der Waals surface area contributed by atoms with Gasteiger partial charge in [-0.2, -0.15) is 0 Å². The normalized spacial score (nSPS) is 20.0. The second kappa shape index (κ2) is 7.83. The number of fused-ring (bicyclic) bond motifs is 3. The molecule has 2 unspecified atom stereocenters. The lowest BCUT2D eigenvalue weighted by atomic mass is 9.87. The minimum atomic E-state index is -1.57. The predicted octanol–water partition coefficient (Wildman–Crippen LogP) is 6.70. The molecule has 31 heavy (non-hydrogen) atoms. The van der Waals surface area contributed by atoms with Gasteiger partial charge in [0, 0.05) is 34.7 Å². The van der Waals surface area contributed by atoms with E-state index in [1.165, 1.54) is 38.1 Å². The first-order valence-electron chi connectivity index (χ1n) is 10.5. The molecule has 0 fully saturated rings. The van der Waals surface area contributed by atoms with Crippen molar-refractivity contribution in [3.8, 4) is 0 Å². The third-order valence-electron chi connectivity index (χ3n) is 5.86. The van der Waals surface area contributed by atoms with Crippen molar-refractivity contribution in [1.29, 1.82) is 0 Å². The molecule has 4 rings (SSSR count). The van der Waals surface area contributed by atoms with Gasteiger partial charge in [-0.1, -0.05) is 12.2 Å². The van der Waals surface area contributed by atoms with E-state index in [9.17, 15) is 8.78 Å². The van der Waals surface area contributed by atoms with E-state index in [0.717, 1.165) is 10.9 Å². The molecule has 164 valence electrons. The first kappa shape index (κ1) is 21.6. The quantitative estimate of drug-likeness (QED) is 0.456. The van der Waals surface area contributed by atoms with E-state index in [2.05, 4.69) is 4.98 Å². The number of halogens is 4. The Morgan fingerprint density at radius 3 is 2.42 bits per heavy atom. The highest BCUT2D eigenvalue weighted by atomic mass is 19.1. The van der Waals surface area contributed by atoms with Gasteiger partial charge in [0.2, 0.25) is 0 Å². The number of aromatic nitrogens is 1. The van der Waals surface area contributed by atoms with Crippen LogP contribution in [0, 0.1) is 17.5 Å². The van der Waals surface area contributed by atoms with E-state index in [-0.39, 0.29) is 18.2 Å². The van der Waals surface area contributed by atoms with Crippen molar-refractivity contribution < 1.29 is 17.6 Å². The van der Waals surface area contributed by atoms with Gasteiger partial charge >= 0.3 is 0 Å². The largest absolute Gasteiger partial charge is 0.356 e. The summed E-state index contributed by atoms with van der Waals surface area (Å²) in [6, 6.07) is 5.98. The summed E-state index contributed by atoms with van der Waals surface area (Å²) in [4.78, 5) is 4.98. The zero-order valence-corrected chi connectivity index (χ0v) is 18.1. The van der Waals surface area contributed by atoms with Gasteiger partial charge in [-0.25, -0.2) is 17.6 Å². The molecule has 2 aromatic carbocycles. The molecule has 2 atom stereocenters. The van der Waals surface area contributed by atoms with Crippen molar-refractivity contribution in [1.82, 2.24) is 9.88 Å². The van der Waals surface area contributed by atoms with Crippen molar-refractivity contribution in [2.75, 3.05) is 6.54 Å². The van der Waals surface area contributed by atoms with Crippen molar-refractivity contribution in [2.45, 2.75) is 51.9 Å². The maximum absolute atomic E-state index is 15.3. The molecule has 0 saturated carbocycles. The Morgan fingerprint density at radius 2 is 1.81 bits per heavy atom. The third kappa shape index (κ3) is 4.01. The smallest absolute Gasteiger partial charge is 0.131 e.